The van der Waals surface area contributed by atoms with E-state index in [-0.39, 0.29) is 29.2 Å². The van der Waals surface area contributed by atoms with Gasteiger partial charge in [0.05, 0.1) is 17.3 Å². The second kappa shape index (κ2) is 7.13. The Morgan fingerprint density at radius 1 is 1.32 bits per heavy atom. The summed E-state index contributed by atoms with van der Waals surface area (Å²) < 4.78 is 12.5. The molecule has 0 radical (unpaired) electrons. The maximum absolute atomic E-state index is 11.6. The van der Waals surface area contributed by atoms with Gasteiger partial charge in [0.25, 0.3) is 5.91 Å². The maximum Gasteiger partial charge on any atom is 0.254 e. The van der Waals surface area contributed by atoms with E-state index in [1.807, 2.05) is 0 Å². The number of hydrogen-bond acceptors (Lipinski definition) is 8. The zero-order chi connectivity index (χ0) is 19.8. The summed E-state index contributed by atoms with van der Waals surface area (Å²) in [6.07, 6.45) is 4.61. The number of amides is 1. The number of primary amides is 1. The second-order valence-corrected chi connectivity index (χ2v) is 6.86. The van der Waals surface area contributed by atoms with Gasteiger partial charge >= 0.3 is 0 Å². The van der Waals surface area contributed by atoms with Gasteiger partial charge in [0, 0.05) is 32.2 Å². The highest BCUT2D eigenvalue weighted by Crippen LogP contribution is 2.33. The van der Waals surface area contributed by atoms with Crippen molar-refractivity contribution in [3.63, 3.8) is 0 Å². The number of carbonyl (C=O) groups excluding carboxylic acids is 1. The summed E-state index contributed by atoms with van der Waals surface area (Å²) in [5, 5.41) is 7.54. The molecule has 0 saturated heterocycles. The molecule has 3 aromatic heterocycles. The number of carbonyl (C=O) groups is 1. The number of pyridine rings is 1. The molecule has 11 heteroatoms. The molecule has 3 aromatic rings. The number of hydrogen-bond donors (Lipinski definition) is 3. The Labute approximate surface area is 164 Å². The Morgan fingerprint density at radius 2 is 2.11 bits per heavy atom. The van der Waals surface area contributed by atoms with E-state index in [4.69, 9.17) is 32.5 Å². The summed E-state index contributed by atoms with van der Waals surface area (Å²) >= 11 is 6.09. The number of nitrogens with two attached hydrogens (primary N) is 2. The van der Waals surface area contributed by atoms with Gasteiger partial charge in [-0.05, 0) is 6.07 Å². The van der Waals surface area contributed by atoms with Crippen LogP contribution in [0.1, 0.15) is 23.2 Å². The number of nitrogens with one attached hydrogen (secondary N) is 1. The smallest absolute Gasteiger partial charge is 0.254 e. The Morgan fingerprint density at radius 3 is 2.82 bits per heavy atom. The second-order valence-electron chi connectivity index (χ2n) is 6.42. The molecular weight excluding hydrogens is 386 g/mol. The van der Waals surface area contributed by atoms with Crippen molar-refractivity contribution in [3.05, 3.63) is 35.1 Å². The fourth-order valence-electron chi connectivity index (χ4n) is 2.94. The Hall–Kier alpha value is -3.11. The number of ether oxygens (including phenoxy) is 2. The first-order chi connectivity index (χ1) is 13.4. The molecule has 10 nitrogen and oxygen atoms in total. The summed E-state index contributed by atoms with van der Waals surface area (Å²) in [5.74, 6) is 0.377. The van der Waals surface area contributed by atoms with E-state index in [1.165, 1.54) is 16.9 Å². The van der Waals surface area contributed by atoms with Crippen molar-refractivity contribution in [2.75, 3.05) is 18.2 Å². The minimum Gasteiger partial charge on any atom is -0.473 e. The van der Waals surface area contributed by atoms with Gasteiger partial charge in [-0.2, -0.15) is 9.61 Å². The standard InChI is InChI=1S/C17H18ClN7O3/c1-27-9-3-10(4-9)28-17-12(2-8(18)6-21-17)23-14-5-13(19)25-16(24-14)11(7-22-25)15(20)26/h2,5-7,9-10H,3-4,19H2,1H3,(H2,20,26)(H,23,24)/t9-,10+. The predicted octanol–water partition coefficient (Wildman–Crippen LogP) is 1.76. The molecule has 0 aliphatic heterocycles. The molecule has 0 spiro atoms. The lowest BCUT2D eigenvalue weighted by molar-refractivity contribution is -0.0393. The Kier molecular flexibility index (Phi) is 4.65. The monoisotopic (exact) mass is 403 g/mol. The first-order valence-corrected chi connectivity index (χ1v) is 8.88. The van der Waals surface area contributed by atoms with Gasteiger partial charge in [-0.3, -0.25) is 4.79 Å². The zero-order valence-corrected chi connectivity index (χ0v) is 15.7. The van der Waals surface area contributed by atoms with Gasteiger partial charge < -0.3 is 26.3 Å². The zero-order valence-electron chi connectivity index (χ0n) is 14.9. The lowest BCUT2D eigenvalue weighted by Gasteiger charge is -2.34. The normalized spacial score (nSPS) is 18.6. The van der Waals surface area contributed by atoms with Crippen LogP contribution < -0.4 is 21.5 Å². The first kappa shape index (κ1) is 18.3. The first-order valence-electron chi connectivity index (χ1n) is 8.50. The number of methoxy groups -OCH3 is 1. The molecule has 1 amide bonds. The average molecular weight is 404 g/mol. The van der Waals surface area contributed by atoms with Gasteiger partial charge in [0.1, 0.15) is 29.0 Å². The lowest BCUT2D eigenvalue weighted by Crippen LogP contribution is -2.39. The van der Waals surface area contributed by atoms with Crippen LogP contribution in [0.25, 0.3) is 5.65 Å². The Balaban J connectivity index is 1.64. The van der Waals surface area contributed by atoms with Crippen LogP contribution in [0, 0.1) is 0 Å². The van der Waals surface area contributed by atoms with Gasteiger partial charge in [0.15, 0.2) is 5.65 Å². The molecule has 4 rings (SSSR count). The number of aromatic nitrogens is 4. The van der Waals surface area contributed by atoms with E-state index >= 15 is 0 Å². The van der Waals surface area contributed by atoms with Gasteiger partial charge in [-0.25, -0.2) is 9.97 Å². The molecule has 1 aliphatic carbocycles. The highest BCUT2D eigenvalue weighted by Gasteiger charge is 2.31. The Bertz CT molecular complexity index is 1050. The van der Waals surface area contributed by atoms with Crippen LogP contribution in [0.2, 0.25) is 5.02 Å². The van der Waals surface area contributed by atoms with E-state index in [2.05, 4.69) is 20.4 Å². The summed E-state index contributed by atoms with van der Waals surface area (Å²) in [5.41, 5.74) is 12.3. The number of halogens is 1. The van der Waals surface area contributed by atoms with Crippen LogP contribution >= 0.6 is 11.6 Å². The van der Waals surface area contributed by atoms with E-state index in [1.54, 1.807) is 19.2 Å². The highest BCUT2D eigenvalue weighted by atomic mass is 35.5. The van der Waals surface area contributed by atoms with Crippen LogP contribution in [-0.4, -0.2) is 44.8 Å². The molecule has 1 aliphatic rings. The molecule has 5 N–H and O–H groups in total. The van der Waals surface area contributed by atoms with E-state index in [9.17, 15) is 4.79 Å². The largest absolute Gasteiger partial charge is 0.473 e. The summed E-state index contributed by atoms with van der Waals surface area (Å²) in [4.78, 5) is 20.2. The van der Waals surface area contributed by atoms with Crippen LogP contribution in [0.4, 0.5) is 17.3 Å². The molecule has 0 aromatic carbocycles. The van der Waals surface area contributed by atoms with Crippen LogP contribution in [0.5, 0.6) is 5.88 Å². The fourth-order valence-corrected chi connectivity index (χ4v) is 3.09. The van der Waals surface area contributed by atoms with Crippen molar-refractivity contribution < 1.29 is 14.3 Å². The van der Waals surface area contributed by atoms with Crippen molar-refractivity contribution in [2.45, 2.75) is 25.0 Å². The molecule has 0 unspecified atom stereocenters. The number of fused-ring (bicyclic) bond motifs is 1. The van der Waals surface area contributed by atoms with Crippen LogP contribution in [-0.2, 0) is 4.74 Å². The molecule has 3 heterocycles. The van der Waals surface area contributed by atoms with Crippen molar-refractivity contribution in [3.8, 4) is 5.88 Å². The molecule has 1 fully saturated rings. The minimum atomic E-state index is -0.648. The molecule has 146 valence electrons. The summed E-state index contributed by atoms with van der Waals surface area (Å²) in [6, 6.07) is 3.24. The summed E-state index contributed by atoms with van der Waals surface area (Å²) in [7, 11) is 1.68. The summed E-state index contributed by atoms with van der Waals surface area (Å²) in [6.45, 7) is 0. The molecule has 1 saturated carbocycles. The third-order valence-corrected chi connectivity index (χ3v) is 4.72. The number of nitrogen functional groups attached to an aromatic ring is 1. The third kappa shape index (κ3) is 3.39. The number of rotatable bonds is 6. The number of nitrogens with zero attached hydrogens (tertiary/aromatic N) is 4. The molecule has 28 heavy (non-hydrogen) atoms. The van der Waals surface area contributed by atoms with E-state index in [0.717, 1.165) is 12.8 Å². The number of anilines is 3. The minimum absolute atomic E-state index is 0.0102. The van der Waals surface area contributed by atoms with Crippen molar-refractivity contribution >= 4 is 40.5 Å². The van der Waals surface area contributed by atoms with Crippen molar-refractivity contribution in [1.82, 2.24) is 19.6 Å². The fraction of sp³-hybridized carbons (Fsp3) is 0.294. The van der Waals surface area contributed by atoms with E-state index in [0.29, 0.717) is 22.4 Å². The van der Waals surface area contributed by atoms with E-state index < -0.39 is 5.91 Å². The third-order valence-electron chi connectivity index (χ3n) is 4.51. The van der Waals surface area contributed by atoms with Crippen LogP contribution in [0.3, 0.4) is 0 Å². The van der Waals surface area contributed by atoms with Gasteiger partial charge in [-0.15, -0.1) is 0 Å². The lowest BCUT2D eigenvalue weighted by atomic mass is 9.92. The highest BCUT2D eigenvalue weighted by molar-refractivity contribution is 6.30. The quantitative estimate of drug-likeness (QED) is 0.564. The maximum atomic E-state index is 11.6. The van der Waals surface area contributed by atoms with Crippen molar-refractivity contribution in [2.24, 2.45) is 5.73 Å². The molecule has 0 bridgehead atoms. The predicted molar refractivity (Wildman–Crippen MR) is 103 cm³/mol. The van der Waals surface area contributed by atoms with Gasteiger partial charge in [0.2, 0.25) is 5.88 Å². The average Bonchev–Trinajstić information content (AvgIpc) is 3.04. The topological polar surface area (TPSA) is 143 Å². The van der Waals surface area contributed by atoms with Crippen LogP contribution in [0.15, 0.2) is 24.5 Å². The SMILES string of the molecule is CO[C@H]1C[C@@H](Oc2ncc(Cl)cc2Nc2cc(N)n3ncc(C(N)=O)c3n2)C1. The van der Waals surface area contributed by atoms with Crippen molar-refractivity contribution in [1.29, 1.82) is 0 Å². The molecular formula is C17H18ClN7O3. The molecule has 0 atom stereocenters. The van der Waals surface area contributed by atoms with Gasteiger partial charge in [-0.1, -0.05) is 11.6 Å².